The van der Waals surface area contributed by atoms with Crippen molar-refractivity contribution in [1.29, 1.82) is 0 Å². The summed E-state index contributed by atoms with van der Waals surface area (Å²) in [6.45, 7) is 3.91. The number of alkyl halides is 2. The largest absolute Gasteiger partial charge is 0.508 e. The molecule has 1 fully saturated rings. The molecule has 1 saturated heterocycles. The van der Waals surface area contributed by atoms with Crippen LogP contribution in [0.5, 0.6) is 5.75 Å². The summed E-state index contributed by atoms with van der Waals surface area (Å²) in [6.07, 6.45) is 4.11. The quantitative estimate of drug-likeness (QED) is 0.420. The Kier molecular flexibility index (Phi) is 6.46. The lowest BCUT2D eigenvalue weighted by molar-refractivity contribution is -0.154. The third-order valence-corrected chi connectivity index (χ3v) is 5.46. The van der Waals surface area contributed by atoms with E-state index in [1.165, 1.54) is 0 Å². The fourth-order valence-corrected chi connectivity index (χ4v) is 4.33. The van der Waals surface area contributed by atoms with Gasteiger partial charge in [-0.2, -0.15) is 0 Å². The monoisotopic (exact) mass is 430 g/mol. The number of benzene rings is 2. The Labute approximate surface area is 179 Å². The summed E-state index contributed by atoms with van der Waals surface area (Å²) >= 11 is 9.53. The topological polar surface area (TPSA) is 63.6 Å². The molecule has 6 heteroatoms. The highest BCUT2D eigenvalue weighted by Gasteiger charge is 2.64. The molecule has 4 nitrogen and oxygen atoms in total. The van der Waals surface area contributed by atoms with Crippen LogP contribution in [0, 0.1) is 5.92 Å². The number of carbonyl (C=O) groups is 2. The molecule has 3 atom stereocenters. The highest BCUT2D eigenvalue weighted by molar-refractivity contribution is 6.40. The summed E-state index contributed by atoms with van der Waals surface area (Å²) in [7, 11) is 0. The zero-order valence-corrected chi connectivity index (χ0v) is 17.1. The number of allylic oxidation sites excluding steroid dienone is 3. The summed E-state index contributed by atoms with van der Waals surface area (Å²) in [5.74, 6) is -1.86. The predicted molar refractivity (Wildman–Crippen MR) is 113 cm³/mol. The van der Waals surface area contributed by atoms with E-state index in [9.17, 15) is 14.7 Å². The highest BCUT2D eigenvalue weighted by atomic mass is 35.5. The van der Waals surface area contributed by atoms with Crippen LogP contribution in [0.2, 0.25) is 0 Å². The van der Waals surface area contributed by atoms with Crippen LogP contribution in [0.3, 0.4) is 0 Å². The summed E-state index contributed by atoms with van der Waals surface area (Å²) in [5, 5.41) is 9.85. The van der Waals surface area contributed by atoms with E-state index >= 15 is 0 Å². The van der Waals surface area contributed by atoms with E-state index < -0.39 is 29.2 Å². The van der Waals surface area contributed by atoms with E-state index in [1.54, 1.807) is 30.3 Å². The Balaban J connectivity index is 0.000000755. The van der Waals surface area contributed by atoms with Crippen LogP contribution in [0.25, 0.3) is 0 Å². The standard InChI is InChI=1S/C22H18O4.CH2Cl2/c1-2-14-10-13-18-20(24)26-21(25)22(18,16-6-4-3-5-7-16)19(14)15-8-11-17(23)12-9-15;2-1-3/h2-12,18-19,23H,1,13H2;1H2/t18-,19+,22+;/m0./s1. The lowest BCUT2D eigenvalue weighted by atomic mass is 9.56. The number of esters is 2. The predicted octanol–water partition coefficient (Wildman–Crippen LogP) is 5.05. The Hall–Kier alpha value is -2.56. The Morgan fingerprint density at radius 1 is 1.10 bits per heavy atom. The van der Waals surface area contributed by atoms with Gasteiger partial charge >= 0.3 is 11.9 Å². The molecular formula is C23H20Cl2O4. The van der Waals surface area contributed by atoms with Gasteiger partial charge < -0.3 is 9.84 Å². The molecule has 0 spiro atoms. The van der Waals surface area contributed by atoms with Gasteiger partial charge in [-0.25, -0.2) is 0 Å². The van der Waals surface area contributed by atoms with Gasteiger partial charge in [-0.15, -0.1) is 23.2 Å². The highest BCUT2D eigenvalue weighted by Crippen LogP contribution is 2.56. The molecular weight excluding hydrogens is 411 g/mol. The van der Waals surface area contributed by atoms with Crippen LogP contribution < -0.4 is 0 Å². The number of fused-ring (bicyclic) bond motifs is 1. The first kappa shape index (κ1) is 21.2. The molecule has 0 radical (unpaired) electrons. The van der Waals surface area contributed by atoms with Crippen molar-refractivity contribution >= 4 is 35.1 Å². The molecule has 4 rings (SSSR count). The molecule has 1 aliphatic carbocycles. The Bertz CT molecular complexity index is 937. The Morgan fingerprint density at radius 3 is 2.31 bits per heavy atom. The number of cyclic esters (lactones) is 2. The molecule has 0 bridgehead atoms. The third-order valence-electron chi connectivity index (χ3n) is 5.46. The van der Waals surface area contributed by atoms with Crippen LogP contribution in [-0.2, 0) is 19.7 Å². The molecule has 0 aromatic heterocycles. The maximum Gasteiger partial charge on any atom is 0.326 e. The lowest BCUT2D eigenvalue weighted by Crippen LogP contribution is -2.46. The molecule has 1 aliphatic heterocycles. The van der Waals surface area contributed by atoms with Crippen molar-refractivity contribution in [2.75, 3.05) is 5.34 Å². The van der Waals surface area contributed by atoms with Gasteiger partial charge in [-0.1, -0.05) is 61.2 Å². The maximum absolute atomic E-state index is 13.1. The van der Waals surface area contributed by atoms with Crippen molar-refractivity contribution in [2.45, 2.75) is 17.8 Å². The van der Waals surface area contributed by atoms with Crippen molar-refractivity contribution in [3.05, 3.63) is 90.0 Å². The SMILES string of the molecule is C=CC1=CC[C@H]2C(=O)OC(=O)[C@@]2(c2ccccc2)[C@H]1c1ccc(O)cc1.ClCCl. The minimum atomic E-state index is -1.13. The third kappa shape index (κ3) is 3.59. The van der Waals surface area contributed by atoms with Gasteiger partial charge in [0.15, 0.2) is 0 Å². The van der Waals surface area contributed by atoms with Crippen LogP contribution in [0.15, 0.2) is 78.9 Å². The van der Waals surface area contributed by atoms with Gasteiger partial charge in [0.25, 0.3) is 0 Å². The average Bonchev–Trinajstić information content (AvgIpc) is 3.00. The lowest BCUT2D eigenvalue weighted by Gasteiger charge is -2.41. The Morgan fingerprint density at radius 2 is 1.72 bits per heavy atom. The molecule has 2 aromatic rings. The number of phenols is 1. The second-order valence-electron chi connectivity index (χ2n) is 6.77. The van der Waals surface area contributed by atoms with E-state index in [-0.39, 0.29) is 11.1 Å². The number of carbonyl (C=O) groups excluding carboxylic acids is 2. The van der Waals surface area contributed by atoms with E-state index in [0.717, 1.165) is 16.7 Å². The van der Waals surface area contributed by atoms with E-state index in [2.05, 4.69) is 6.58 Å². The number of ether oxygens (including phenoxy) is 1. The maximum atomic E-state index is 13.1. The number of hydrogen-bond acceptors (Lipinski definition) is 4. The van der Waals surface area contributed by atoms with Crippen molar-refractivity contribution < 1.29 is 19.4 Å². The minimum absolute atomic E-state index is 0.143. The summed E-state index contributed by atoms with van der Waals surface area (Å²) in [5.41, 5.74) is 1.33. The van der Waals surface area contributed by atoms with Gasteiger partial charge in [-0.3, -0.25) is 9.59 Å². The van der Waals surface area contributed by atoms with Crippen molar-refractivity contribution in [1.82, 2.24) is 0 Å². The van der Waals surface area contributed by atoms with Gasteiger partial charge in [0.2, 0.25) is 0 Å². The van der Waals surface area contributed by atoms with Gasteiger partial charge in [0.05, 0.1) is 11.3 Å². The van der Waals surface area contributed by atoms with Gasteiger partial charge in [-0.05, 0) is 35.3 Å². The van der Waals surface area contributed by atoms with Crippen LogP contribution in [0.1, 0.15) is 23.5 Å². The molecule has 29 heavy (non-hydrogen) atoms. The molecule has 2 aliphatic rings. The normalized spacial score (nSPS) is 25.2. The molecule has 1 N–H and O–H groups in total. The van der Waals surface area contributed by atoms with E-state index in [1.807, 2.05) is 36.4 Å². The average molecular weight is 431 g/mol. The van der Waals surface area contributed by atoms with Crippen molar-refractivity contribution in [3.8, 4) is 5.75 Å². The molecule has 0 unspecified atom stereocenters. The summed E-state index contributed by atoms with van der Waals surface area (Å²) in [4.78, 5) is 25.6. The molecule has 2 aromatic carbocycles. The first-order valence-electron chi connectivity index (χ1n) is 9.05. The van der Waals surface area contributed by atoms with Crippen LogP contribution >= 0.6 is 23.2 Å². The first-order valence-corrected chi connectivity index (χ1v) is 10.1. The zero-order valence-electron chi connectivity index (χ0n) is 15.6. The van der Waals surface area contributed by atoms with Crippen molar-refractivity contribution in [2.24, 2.45) is 5.92 Å². The second kappa shape index (κ2) is 8.85. The van der Waals surface area contributed by atoms with E-state index in [0.29, 0.717) is 6.42 Å². The molecule has 0 saturated carbocycles. The second-order valence-corrected chi connectivity index (χ2v) is 7.57. The van der Waals surface area contributed by atoms with Crippen LogP contribution in [-0.4, -0.2) is 22.4 Å². The van der Waals surface area contributed by atoms with Crippen LogP contribution in [0.4, 0.5) is 0 Å². The zero-order chi connectivity index (χ0) is 21.0. The smallest absolute Gasteiger partial charge is 0.326 e. The summed E-state index contributed by atoms with van der Waals surface area (Å²) in [6, 6.07) is 16.0. The van der Waals surface area contributed by atoms with Gasteiger partial charge in [0.1, 0.15) is 11.2 Å². The summed E-state index contributed by atoms with van der Waals surface area (Å²) < 4.78 is 5.14. The van der Waals surface area contributed by atoms with Gasteiger partial charge in [0, 0.05) is 5.92 Å². The first-order chi connectivity index (χ1) is 14.0. The molecule has 0 amide bonds. The minimum Gasteiger partial charge on any atom is -0.508 e. The number of aromatic hydroxyl groups is 1. The fraction of sp³-hybridized carbons (Fsp3) is 0.217. The number of phenolic OH excluding ortho intramolecular Hbond substituents is 1. The van der Waals surface area contributed by atoms with Crippen molar-refractivity contribution in [3.63, 3.8) is 0 Å². The number of hydrogen-bond donors (Lipinski definition) is 1. The molecule has 150 valence electrons. The number of halogens is 2. The van der Waals surface area contributed by atoms with E-state index in [4.69, 9.17) is 27.9 Å². The fourth-order valence-electron chi connectivity index (χ4n) is 4.33. The molecule has 1 heterocycles. The number of rotatable bonds is 3.